The Morgan fingerprint density at radius 3 is 2.65 bits per heavy atom. The van der Waals surface area contributed by atoms with Gasteiger partial charge in [0.15, 0.2) is 0 Å². The van der Waals surface area contributed by atoms with E-state index in [0.29, 0.717) is 5.92 Å². The monoisotopic (exact) mass is 239 g/mol. The molecule has 0 aliphatic carbocycles. The van der Waals surface area contributed by atoms with E-state index in [2.05, 4.69) is 13.5 Å². The van der Waals surface area contributed by atoms with Crippen molar-refractivity contribution in [3.05, 3.63) is 12.2 Å². The van der Waals surface area contributed by atoms with Gasteiger partial charge in [-0.25, -0.2) is 4.79 Å². The van der Waals surface area contributed by atoms with E-state index in [1.807, 2.05) is 25.7 Å². The summed E-state index contributed by atoms with van der Waals surface area (Å²) in [6.45, 7) is 13.5. The zero-order valence-electron chi connectivity index (χ0n) is 11.6. The van der Waals surface area contributed by atoms with Crippen LogP contribution in [-0.2, 0) is 4.74 Å². The molecule has 98 valence electrons. The highest BCUT2D eigenvalue weighted by Gasteiger charge is 2.28. The van der Waals surface area contributed by atoms with Crippen molar-refractivity contribution in [2.24, 2.45) is 5.92 Å². The quantitative estimate of drug-likeness (QED) is 0.689. The van der Waals surface area contributed by atoms with Crippen molar-refractivity contribution in [1.29, 1.82) is 0 Å². The van der Waals surface area contributed by atoms with Crippen molar-refractivity contribution in [2.75, 3.05) is 13.1 Å². The number of piperidine rings is 1. The summed E-state index contributed by atoms with van der Waals surface area (Å²) >= 11 is 0. The number of likely N-dealkylation sites (tertiary alicyclic amines) is 1. The standard InChI is InChI=1S/C14H25NO2/c1-6-11(2)12-8-7-9-15(10-12)13(16)17-14(3,4)5/h12H,2,6-10H2,1,3-5H3/t12-/m1/s1. The van der Waals surface area contributed by atoms with Crippen LogP contribution in [0.4, 0.5) is 4.79 Å². The number of hydrogen-bond acceptors (Lipinski definition) is 2. The molecule has 0 aromatic heterocycles. The number of carbonyl (C=O) groups is 1. The molecule has 1 aliphatic rings. The van der Waals surface area contributed by atoms with E-state index in [4.69, 9.17) is 4.74 Å². The third-order valence-electron chi connectivity index (χ3n) is 3.10. The number of rotatable bonds is 2. The van der Waals surface area contributed by atoms with Gasteiger partial charge in [0.05, 0.1) is 0 Å². The Morgan fingerprint density at radius 1 is 1.47 bits per heavy atom. The van der Waals surface area contributed by atoms with Gasteiger partial charge in [-0.1, -0.05) is 19.1 Å². The Labute approximate surface area is 105 Å². The maximum absolute atomic E-state index is 11.9. The van der Waals surface area contributed by atoms with E-state index in [0.717, 1.165) is 32.4 Å². The van der Waals surface area contributed by atoms with Crippen molar-refractivity contribution in [3.8, 4) is 0 Å². The average Bonchev–Trinajstić information content (AvgIpc) is 2.26. The van der Waals surface area contributed by atoms with Crippen LogP contribution in [0, 0.1) is 5.92 Å². The first-order chi connectivity index (χ1) is 7.83. The van der Waals surface area contributed by atoms with Gasteiger partial charge in [0.25, 0.3) is 0 Å². The lowest BCUT2D eigenvalue weighted by Gasteiger charge is -2.34. The van der Waals surface area contributed by atoms with E-state index < -0.39 is 5.60 Å². The molecule has 1 saturated heterocycles. The minimum absolute atomic E-state index is 0.189. The van der Waals surface area contributed by atoms with Crippen LogP contribution in [0.1, 0.15) is 47.0 Å². The summed E-state index contributed by atoms with van der Waals surface area (Å²) in [4.78, 5) is 13.8. The largest absolute Gasteiger partial charge is 0.444 e. The predicted molar refractivity (Wildman–Crippen MR) is 70.0 cm³/mol. The van der Waals surface area contributed by atoms with E-state index in [1.165, 1.54) is 5.57 Å². The molecule has 1 atom stereocenters. The van der Waals surface area contributed by atoms with Crippen LogP contribution in [0.2, 0.25) is 0 Å². The van der Waals surface area contributed by atoms with Gasteiger partial charge in [0.1, 0.15) is 5.60 Å². The van der Waals surface area contributed by atoms with E-state index in [1.54, 1.807) is 0 Å². The molecule has 0 bridgehead atoms. The number of ether oxygens (including phenoxy) is 1. The normalized spacial score (nSPS) is 21.2. The van der Waals surface area contributed by atoms with Crippen LogP contribution >= 0.6 is 0 Å². The lowest BCUT2D eigenvalue weighted by molar-refractivity contribution is 0.0181. The molecule has 0 unspecified atom stereocenters. The number of carbonyl (C=O) groups excluding carboxylic acids is 1. The third-order valence-corrected chi connectivity index (χ3v) is 3.10. The van der Waals surface area contributed by atoms with Gasteiger partial charge >= 0.3 is 6.09 Å². The van der Waals surface area contributed by atoms with Crippen molar-refractivity contribution < 1.29 is 9.53 Å². The Kier molecular flexibility index (Phi) is 4.61. The van der Waals surface area contributed by atoms with Crippen molar-refractivity contribution in [1.82, 2.24) is 4.90 Å². The van der Waals surface area contributed by atoms with E-state index in [-0.39, 0.29) is 6.09 Å². The molecule has 1 aliphatic heterocycles. The second-order valence-corrected chi connectivity index (χ2v) is 5.78. The SMILES string of the molecule is C=C(CC)[C@@H]1CCCN(C(=O)OC(C)(C)C)C1. The molecule has 1 amide bonds. The van der Waals surface area contributed by atoms with E-state index in [9.17, 15) is 4.79 Å². The molecular formula is C14H25NO2. The summed E-state index contributed by atoms with van der Waals surface area (Å²) in [5.74, 6) is 0.446. The Morgan fingerprint density at radius 2 is 2.12 bits per heavy atom. The fourth-order valence-corrected chi connectivity index (χ4v) is 2.09. The van der Waals surface area contributed by atoms with Crippen LogP contribution in [0.5, 0.6) is 0 Å². The van der Waals surface area contributed by atoms with Gasteiger partial charge in [-0.15, -0.1) is 0 Å². The minimum Gasteiger partial charge on any atom is -0.444 e. The highest BCUT2D eigenvalue weighted by molar-refractivity contribution is 5.68. The van der Waals surface area contributed by atoms with Gasteiger partial charge < -0.3 is 9.64 Å². The maximum Gasteiger partial charge on any atom is 0.410 e. The molecule has 1 fully saturated rings. The van der Waals surface area contributed by atoms with Crippen LogP contribution in [-0.4, -0.2) is 29.7 Å². The van der Waals surface area contributed by atoms with Crippen LogP contribution in [0.15, 0.2) is 12.2 Å². The minimum atomic E-state index is -0.411. The summed E-state index contributed by atoms with van der Waals surface area (Å²) in [6, 6.07) is 0. The highest BCUT2D eigenvalue weighted by Crippen LogP contribution is 2.25. The first kappa shape index (κ1) is 14.1. The Hall–Kier alpha value is -0.990. The smallest absolute Gasteiger partial charge is 0.410 e. The van der Waals surface area contributed by atoms with Crippen LogP contribution in [0.3, 0.4) is 0 Å². The first-order valence-corrected chi connectivity index (χ1v) is 6.49. The zero-order chi connectivity index (χ0) is 13.1. The number of hydrogen-bond donors (Lipinski definition) is 0. The average molecular weight is 239 g/mol. The summed E-state index contributed by atoms with van der Waals surface area (Å²) < 4.78 is 5.40. The van der Waals surface area contributed by atoms with Gasteiger partial charge in [-0.05, 0) is 46.0 Å². The summed E-state index contributed by atoms with van der Waals surface area (Å²) in [6.07, 6.45) is 2.99. The summed E-state index contributed by atoms with van der Waals surface area (Å²) in [5.41, 5.74) is 0.837. The Bertz CT molecular complexity index is 291. The number of nitrogens with zero attached hydrogens (tertiary/aromatic N) is 1. The molecule has 1 heterocycles. The molecule has 0 radical (unpaired) electrons. The topological polar surface area (TPSA) is 29.5 Å². The second kappa shape index (κ2) is 5.56. The third kappa shape index (κ3) is 4.41. The first-order valence-electron chi connectivity index (χ1n) is 6.49. The van der Waals surface area contributed by atoms with Gasteiger partial charge in [0.2, 0.25) is 0 Å². The van der Waals surface area contributed by atoms with Gasteiger partial charge in [-0.2, -0.15) is 0 Å². The lowest BCUT2D eigenvalue weighted by atomic mass is 9.90. The highest BCUT2D eigenvalue weighted by atomic mass is 16.6. The van der Waals surface area contributed by atoms with Gasteiger partial charge in [0, 0.05) is 13.1 Å². The molecule has 3 heteroatoms. The molecule has 0 aromatic carbocycles. The van der Waals surface area contributed by atoms with Crippen LogP contribution < -0.4 is 0 Å². The van der Waals surface area contributed by atoms with Crippen LogP contribution in [0.25, 0.3) is 0 Å². The lowest BCUT2D eigenvalue weighted by Crippen LogP contribution is -2.43. The fourth-order valence-electron chi connectivity index (χ4n) is 2.09. The summed E-state index contributed by atoms with van der Waals surface area (Å²) in [7, 11) is 0. The molecule has 0 N–H and O–H groups in total. The molecule has 17 heavy (non-hydrogen) atoms. The number of amides is 1. The second-order valence-electron chi connectivity index (χ2n) is 5.78. The Balaban J connectivity index is 2.55. The van der Waals surface area contributed by atoms with Crippen molar-refractivity contribution in [3.63, 3.8) is 0 Å². The molecule has 1 rings (SSSR count). The zero-order valence-corrected chi connectivity index (χ0v) is 11.6. The molecule has 0 aromatic rings. The summed E-state index contributed by atoms with van der Waals surface area (Å²) in [5, 5.41) is 0. The van der Waals surface area contributed by atoms with Crippen molar-refractivity contribution in [2.45, 2.75) is 52.6 Å². The molecule has 0 saturated carbocycles. The predicted octanol–water partition coefficient (Wildman–Crippen LogP) is 3.60. The van der Waals surface area contributed by atoms with E-state index >= 15 is 0 Å². The van der Waals surface area contributed by atoms with Crippen molar-refractivity contribution >= 4 is 6.09 Å². The fraction of sp³-hybridized carbons (Fsp3) is 0.786. The maximum atomic E-state index is 11.9. The molecular weight excluding hydrogens is 214 g/mol. The van der Waals surface area contributed by atoms with Gasteiger partial charge in [-0.3, -0.25) is 0 Å². The molecule has 3 nitrogen and oxygen atoms in total. The molecule has 0 spiro atoms.